The van der Waals surface area contributed by atoms with Gasteiger partial charge in [-0.25, -0.2) is 0 Å². The molecule has 0 aromatic rings. The highest BCUT2D eigenvalue weighted by Crippen LogP contribution is 2.16. The fourth-order valence-corrected chi connectivity index (χ4v) is 3.49. The molecular formula is C16H35Br2N. The number of hydrogen-bond donors (Lipinski definition) is 0. The second-order valence-electron chi connectivity index (χ2n) is 5.69. The van der Waals surface area contributed by atoms with Gasteiger partial charge in [-0.2, -0.15) is 0 Å². The van der Waals surface area contributed by atoms with Gasteiger partial charge in [0.1, 0.15) is 0 Å². The summed E-state index contributed by atoms with van der Waals surface area (Å²) in [7, 11) is 0. The molecule has 1 nitrogen and oxygen atoms in total. The lowest BCUT2D eigenvalue weighted by atomic mass is 10.1. The van der Waals surface area contributed by atoms with Crippen molar-refractivity contribution in [3.05, 3.63) is 0 Å². The van der Waals surface area contributed by atoms with Gasteiger partial charge in [0.25, 0.3) is 0 Å². The van der Waals surface area contributed by atoms with Crippen LogP contribution in [0.5, 0.6) is 0 Å². The van der Waals surface area contributed by atoms with Gasteiger partial charge in [0.2, 0.25) is 0 Å². The summed E-state index contributed by atoms with van der Waals surface area (Å²) >= 11 is 3.68. The van der Waals surface area contributed by atoms with Crippen molar-refractivity contribution in [3.63, 3.8) is 0 Å². The SMILES string of the molecule is CCCCC[N+](CCBr)(CCCC)CCCCC.[Br-]. The lowest BCUT2D eigenvalue weighted by Gasteiger charge is -2.39. The smallest absolute Gasteiger partial charge is 0.0885 e. The lowest BCUT2D eigenvalue weighted by molar-refractivity contribution is -0.926. The standard InChI is InChI=1S/C16H35BrN.BrH/c1-4-7-10-14-18(16-12-17,13-9-6-3)15-11-8-5-2;/h4-16H2,1-3H3;1H/q+1;/p-1. The van der Waals surface area contributed by atoms with Crippen LogP contribution in [0.25, 0.3) is 0 Å². The highest BCUT2D eigenvalue weighted by molar-refractivity contribution is 9.09. The van der Waals surface area contributed by atoms with Crippen molar-refractivity contribution >= 4 is 15.9 Å². The molecule has 0 amide bonds. The van der Waals surface area contributed by atoms with E-state index in [9.17, 15) is 0 Å². The van der Waals surface area contributed by atoms with Crippen LogP contribution in [-0.2, 0) is 0 Å². The number of halogens is 2. The third kappa shape index (κ3) is 11.3. The van der Waals surface area contributed by atoms with Gasteiger partial charge >= 0.3 is 0 Å². The molecule has 0 aromatic heterocycles. The summed E-state index contributed by atoms with van der Waals surface area (Å²) in [5.74, 6) is 0. The summed E-state index contributed by atoms with van der Waals surface area (Å²) in [4.78, 5) is 0. The minimum Gasteiger partial charge on any atom is -1.00 e. The van der Waals surface area contributed by atoms with Gasteiger partial charge < -0.3 is 21.5 Å². The van der Waals surface area contributed by atoms with E-state index in [1.807, 2.05) is 0 Å². The van der Waals surface area contributed by atoms with E-state index in [2.05, 4.69) is 36.7 Å². The Kier molecular flexibility index (Phi) is 17.9. The third-order valence-electron chi connectivity index (χ3n) is 4.02. The Labute approximate surface area is 141 Å². The van der Waals surface area contributed by atoms with Crippen molar-refractivity contribution in [2.75, 3.05) is 31.5 Å². The van der Waals surface area contributed by atoms with E-state index in [0.717, 1.165) is 5.33 Å². The first-order valence-corrected chi connectivity index (χ1v) is 9.27. The summed E-state index contributed by atoms with van der Waals surface area (Å²) < 4.78 is 1.37. The van der Waals surface area contributed by atoms with Crippen molar-refractivity contribution in [3.8, 4) is 0 Å². The van der Waals surface area contributed by atoms with Gasteiger partial charge in [0.15, 0.2) is 0 Å². The molecule has 0 N–H and O–H groups in total. The number of alkyl halides is 1. The quantitative estimate of drug-likeness (QED) is 0.253. The monoisotopic (exact) mass is 399 g/mol. The van der Waals surface area contributed by atoms with E-state index < -0.39 is 0 Å². The third-order valence-corrected chi connectivity index (χ3v) is 4.37. The van der Waals surface area contributed by atoms with Gasteiger partial charge in [0.05, 0.1) is 31.5 Å². The fraction of sp³-hybridized carbons (Fsp3) is 1.00. The van der Waals surface area contributed by atoms with Crippen molar-refractivity contribution in [2.24, 2.45) is 0 Å². The largest absolute Gasteiger partial charge is 1.00 e. The zero-order valence-corrected chi connectivity index (χ0v) is 16.6. The van der Waals surface area contributed by atoms with Gasteiger partial charge in [-0.3, -0.25) is 0 Å². The molecule has 19 heavy (non-hydrogen) atoms. The minimum atomic E-state index is 0. The zero-order valence-electron chi connectivity index (χ0n) is 13.4. The van der Waals surface area contributed by atoms with E-state index >= 15 is 0 Å². The molecule has 0 aliphatic rings. The minimum absolute atomic E-state index is 0. The summed E-state index contributed by atoms with van der Waals surface area (Å²) in [6, 6.07) is 0. The number of rotatable bonds is 13. The maximum Gasteiger partial charge on any atom is 0.0885 e. The lowest BCUT2D eigenvalue weighted by Crippen LogP contribution is -3.00. The van der Waals surface area contributed by atoms with E-state index in [-0.39, 0.29) is 17.0 Å². The fourth-order valence-electron chi connectivity index (χ4n) is 2.74. The summed E-state index contributed by atoms with van der Waals surface area (Å²) in [5, 5.41) is 1.16. The zero-order chi connectivity index (χ0) is 13.7. The second kappa shape index (κ2) is 15.3. The summed E-state index contributed by atoms with van der Waals surface area (Å²) in [5.41, 5.74) is 0. The normalized spacial score (nSPS) is 11.4. The maximum atomic E-state index is 3.68. The van der Waals surface area contributed by atoms with Gasteiger partial charge in [0, 0.05) is 0 Å². The van der Waals surface area contributed by atoms with Crippen molar-refractivity contribution in [1.82, 2.24) is 0 Å². The van der Waals surface area contributed by atoms with E-state index in [1.165, 1.54) is 82.0 Å². The van der Waals surface area contributed by atoms with Crippen LogP contribution in [0.15, 0.2) is 0 Å². The molecule has 0 bridgehead atoms. The van der Waals surface area contributed by atoms with Crippen LogP contribution in [0.3, 0.4) is 0 Å². The van der Waals surface area contributed by atoms with Crippen LogP contribution < -0.4 is 17.0 Å². The van der Waals surface area contributed by atoms with Gasteiger partial charge in [-0.1, -0.05) is 56.0 Å². The molecule has 0 saturated carbocycles. The Bertz CT molecular complexity index is 164. The predicted molar refractivity (Wildman–Crippen MR) is 87.5 cm³/mol. The van der Waals surface area contributed by atoms with Crippen LogP contribution >= 0.6 is 15.9 Å². The van der Waals surface area contributed by atoms with Crippen molar-refractivity contribution in [1.29, 1.82) is 0 Å². The number of quaternary nitrogens is 1. The Morgan fingerprint density at radius 1 is 0.632 bits per heavy atom. The summed E-state index contributed by atoms with van der Waals surface area (Å²) in [6.45, 7) is 12.5. The van der Waals surface area contributed by atoms with E-state index in [4.69, 9.17) is 0 Å². The molecule has 0 heterocycles. The predicted octanol–water partition coefficient (Wildman–Crippen LogP) is 2.38. The molecule has 0 spiro atoms. The topological polar surface area (TPSA) is 0 Å². The first-order chi connectivity index (χ1) is 8.74. The Balaban J connectivity index is 0. The molecule has 0 aliphatic carbocycles. The highest BCUT2D eigenvalue weighted by atomic mass is 79.9. The molecule has 0 aliphatic heterocycles. The van der Waals surface area contributed by atoms with Crippen molar-refractivity contribution < 1.29 is 21.5 Å². The molecule has 0 rings (SSSR count). The number of hydrogen-bond acceptors (Lipinski definition) is 0. The second-order valence-corrected chi connectivity index (χ2v) is 6.49. The molecule has 0 atom stereocenters. The Morgan fingerprint density at radius 2 is 1.05 bits per heavy atom. The molecule has 3 heteroatoms. The van der Waals surface area contributed by atoms with Crippen molar-refractivity contribution in [2.45, 2.75) is 72.1 Å². The van der Waals surface area contributed by atoms with Gasteiger partial charge in [-0.15, -0.1) is 0 Å². The van der Waals surface area contributed by atoms with Gasteiger partial charge in [-0.05, 0) is 32.1 Å². The van der Waals surface area contributed by atoms with Crippen LogP contribution in [0.4, 0.5) is 0 Å². The number of nitrogens with zero attached hydrogens (tertiary/aromatic N) is 1. The van der Waals surface area contributed by atoms with Crippen LogP contribution in [0.1, 0.15) is 72.1 Å². The van der Waals surface area contributed by atoms with E-state index in [1.54, 1.807) is 0 Å². The molecule has 0 saturated heterocycles. The molecule has 118 valence electrons. The first-order valence-electron chi connectivity index (χ1n) is 8.15. The van der Waals surface area contributed by atoms with Crippen LogP contribution in [0.2, 0.25) is 0 Å². The van der Waals surface area contributed by atoms with Crippen LogP contribution in [0, 0.1) is 0 Å². The first kappa shape index (κ1) is 22.2. The molecule has 0 fully saturated rings. The molecule has 0 radical (unpaired) electrons. The molecular weight excluding hydrogens is 366 g/mol. The molecule has 0 aromatic carbocycles. The summed E-state index contributed by atoms with van der Waals surface area (Å²) in [6.07, 6.45) is 11.1. The Hall–Kier alpha value is 0.920. The van der Waals surface area contributed by atoms with E-state index in [0.29, 0.717) is 0 Å². The average Bonchev–Trinajstić information content (AvgIpc) is 2.37. The molecule has 0 unspecified atom stereocenters. The Morgan fingerprint density at radius 3 is 1.42 bits per heavy atom. The van der Waals surface area contributed by atoms with Crippen LogP contribution in [-0.4, -0.2) is 36.0 Å². The maximum absolute atomic E-state index is 3.68. The highest BCUT2D eigenvalue weighted by Gasteiger charge is 2.24. The number of unbranched alkanes of at least 4 members (excludes halogenated alkanes) is 5. The average molecular weight is 401 g/mol.